The van der Waals surface area contributed by atoms with Crippen LogP contribution in [0.15, 0.2) is 18.2 Å². The van der Waals surface area contributed by atoms with Crippen molar-refractivity contribution in [3.8, 4) is 0 Å². The first-order valence-corrected chi connectivity index (χ1v) is 14.3. The molecule has 0 heterocycles. The maximum absolute atomic E-state index is 13.9. The fourth-order valence-corrected chi connectivity index (χ4v) is 4.21. The summed E-state index contributed by atoms with van der Waals surface area (Å²) >= 11 is 0. The molecule has 0 aliphatic carbocycles. The minimum absolute atomic E-state index is 0.0104. The van der Waals surface area contributed by atoms with Gasteiger partial charge in [0.25, 0.3) is 0 Å². The number of carbonyl (C=O) groups excluding carboxylic acids is 4. The van der Waals surface area contributed by atoms with E-state index in [0.717, 1.165) is 36.8 Å². The molecule has 0 aliphatic rings. The summed E-state index contributed by atoms with van der Waals surface area (Å²) in [6.45, 7) is 12.5. The van der Waals surface area contributed by atoms with Crippen LogP contribution in [-0.2, 0) is 23.9 Å². The summed E-state index contributed by atoms with van der Waals surface area (Å²) < 4.78 is 10.3. The van der Waals surface area contributed by atoms with Crippen molar-refractivity contribution in [2.75, 3.05) is 26.3 Å². The Balaban J connectivity index is 3.41. The van der Waals surface area contributed by atoms with Crippen LogP contribution in [0.5, 0.6) is 0 Å². The number of nitrogens with zero attached hydrogens (tertiary/aromatic N) is 1. The fraction of sp³-hybridized carbons (Fsp3) is 0.667. The van der Waals surface area contributed by atoms with Crippen LogP contribution in [-0.4, -0.2) is 71.8 Å². The molecule has 0 aromatic heterocycles. The van der Waals surface area contributed by atoms with Gasteiger partial charge in [0.2, 0.25) is 11.8 Å². The van der Waals surface area contributed by atoms with E-state index in [0.29, 0.717) is 12.0 Å². The molecule has 10 heteroatoms. The number of aryl methyl sites for hydroxylation is 2. The molecule has 1 aromatic rings. The van der Waals surface area contributed by atoms with Crippen molar-refractivity contribution >= 4 is 23.9 Å². The molecule has 1 aromatic carbocycles. The summed E-state index contributed by atoms with van der Waals surface area (Å²) in [6, 6.07) is 3.31. The molecular formula is C30H49N3O7. The van der Waals surface area contributed by atoms with Gasteiger partial charge in [0, 0.05) is 13.1 Å². The van der Waals surface area contributed by atoms with E-state index in [1.54, 1.807) is 27.7 Å². The molecule has 0 fully saturated rings. The van der Waals surface area contributed by atoms with Gasteiger partial charge >= 0.3 is 12.1 Å². The standard InChI is InChI=1S/C30H49N3O7/c1-8-10-11-12-13-18-33(28(37)24(20-34)32-29(38)40-30(5,6)7)26(23-19-21(3)14-15-22(23)4)27(36)31-17-16-25(35)39-9-2/h14-15,19,24,26,34H,8-13,16-18,20H2,1-7H3,(H,31,36)(H,32,38). The number of alkyl carbamates (subject to hydrolysis) is 1. The Bertz CT molecular complexity index is 975. The molecule has 0 aliphatic heterocycles. The number of rotatable bonds is 16. The molecule has 0 bridgehead atoms. The number of aliphatic hydroxyl groups is 1. The monoisotopic (exact) mass is 563 g/mol. The SMILES string of the molecule is CCCCCCCN(C(=O)C(CO)NC(=O)OC(C)(C)C)C(C(=O)NCCC(=O)OCC)c1cc(C)ccc1C. The Morgan fingerprint density at radius 2 is 1.70 bits per heavy atom. The topological polar surface area (TPSA) is 134 Å². The minimum atomic E-state index is -1.31. The Morgan fingerprint density at radius 3 is 2.30 bits per heavy atom. The number of benzene rings is 1. The number of hydrogen-bond acceptors (Lipinski definition) is 7. The summed E-state index contributed by atoms with van der Waals surface area (Å²) in [5, 5.41) is 15.4. The van der Waals surface area contributed by atoms with Crippen LogP contribution < -0.4 is 10.6 Å². The van der Waals surface area contributed by atoms with Crippen molar-refractivity contribution < 1.29 is 33.8 Å². The second-order valence-corrected chi connectivity index (χ2v) is 10.9. The molecular weight excluding hydrogens is 514 g/mol. The van der Waals surface area contributed by atoms with E-state index in [9.17, 15) is 24.3 Å². The first kappa shape index (κ1) is 34.9. The number of hydrogen-bond donors (Lipinski definition) is 3. The van der Waals surface area contributed by atoms with Crippen LogP contribution in [0.25, 0.3) is 0 Å². The van der Waals surface area contributed by atoms with E-state index < -0.39 is 48.2 Å². The van der Waals surface area contributed by atoms with Gasteiger partial charge in [0.05, 0.1) is 19.6 Å². The van der Waals surface area contributed by atoms with Crippen molar-refractivity contribution in [3.05, 3.63) is 34.9 Å². The second kappa shape index (κ2) is 17.5. The van der Waals surface area contributed by atoms with Crippen molar-refractivity contribution in [2.24, 2.45) is 0 Å². The summed E-state index contributed by atoms with van der Waals surface area (Å²) in [7, 11) is 0. The van der Waals surface area contributed by atoms with Gasteiger partial charge in [-0.3, -0.25) is 14.4 Å². The lowest BCUT2D eigenvalue weighted by Gasteiger charge is -2.35. The van der Waals surface area contributed by atoms with Crippen LogP contribution in [0, 0.1) is 13.8 Å². The summed E-state index contributed by atoms with van der Waals surface area (Å²) in [5.74, 6) is -1.50. The lowest BCUT2D eigenvalue weighted by molar-refractivity contribution is -0.144. The van der Waals surface area contributed by atoms with E-state index >= 15 is 0 Å². The van der Waals surface area contributed by atoms with Crippen molar-refractivity contribution in [2.45, 2.75) is 105 Å². The number of carbonyl (C=O) groups is 4. The minimum Gasteiger partial charge on any atom is -0.466 e. The summed E-state index contributed by atoms with van der Waals surface area (Å²) in [4.78, 5) is 53.4. The molecule has 0 saturated carbocycles. The lowest BCUT2D eigenvalue weighted by atomic mass is 9.95. The largest absolute Gasteiger partial charge is 0.466 e. The Kier molecular flexibility index (Phi) is 15.3. The molecule has 3 amide bonds. The highest BCUT2D eigenvalue weighted by atomic mass is 16.6. The number of nitrogens with one attached hydrogen (secondary N) is 2. The number of esters is 1. The number of amides is 3. The van der Waals surface area contributed by atoms with Gasteiger partial charge in [-0.15, -0.1) is 0 Å². The predicted molar refractivity (Wildman–Crippen MR) is 154 cm³/mol. The molecule has 40 heavy (non-hydrogen) atoms. The van der Waals surface area contributed by atoms with Gasteiger partial charge in [0.1, 0.15) is 17.7 Å². The zero-order valence-electron chi connectivity index (χ0n) is 25.3. The van der Waals surface area contributed by atoms with Crippen LogP contribution in [0.3, 0.4) is 0 Å². The van der Waals surface area contributed by atoms with E-state index in [2.05, 4.69) is 17.6 Å². The highest BCUT2D eigenvalue weighted by Gasteiger charge is 2.36. The molecule has 0 radical (unpaired) electrons. The van der Waals surface area contributed by atoms with Gasteiger partial charge in [-0.1, -0.05) is 56.4 Å². The fourth-order valence-electron chi connectivity index (χ4n) is 4.21. The Hall–Kier alpha value is -3.14. The first-order chi connectivity index (χ1) is 18.8. The zero-order valence-corrected chi connectivity index (χ0v) is 25.3. The lowest BCUT2D eigenvalue weighted by Crippen LogP contribution is -2.54. The number of unbranched alkanes of at least 4 members (excludes halogenated alkanes) is 4. The average molecular weight is 564 g/mol. The summed E-state index contributed by atoms with van der Waals surface area (Å²) in [5.41, 5.74) is 1.54. The van der Waals surface area contributed by atoms with E-state index in [4.69, 9.17) is 9.47 Å². The average Bonchev–Trinajstić information content (AvgIpc) is 2.87. The van der Waals surface area contributed by atoms with Crippen LogP contribution in [0.1, 0.15) is 95.9 Å². The molecule has 2 unspecified atom stereocenters. The third-order valence-corrected chi connectivity index (χ3v) is 6.18. The van der Waals surface area contributed by atoms with Crippen LogP contribution in [0.4, 0.5) is 4.79 Å². The highest BCUT2D eigenvalue weighted by molar-refractivity contribution is 5.92. The quantitative estimate of drug-likeness (QED) is 0.204. The molecule has 0 spiro atoms. The van der Waals surface area contributed by atoms with Crippen LogP contribution >= 0.6 is 0 Å². The third kappa shape index (κ3) is 12.4. The molecule has 2 atom stereocenters. The first-order valence-electron chi connectivity index (χ1n) is 14.3. The molecule has 226 valence electrons. The van der Waals surface area contributed by atoms with E-state index in [1.165, 1.54) is 4.90 Å². The van der Waals surface area contributed by atoms with Crippen LogP contribution in [0.2, 0.25) is 0 Å². The highest BCUT2D eigenvalue weighted by Crippen LogP contribution is 2.27. The second-order valence-electron chi connectivity index (χ2n) is 10.9. The van der Waals surface area contributed by atoms with Gasteiger partial charge in [-0.05, 0) is 59.1 Å². The van der Waals surface area contributed by atoms with E-state index in [1.807, 2.05) is 32.0 Å². The maximum atomic E-state index is 13.9. The molecule has 3 N–H and O–H groups in total. The van der Waals surface area contributed by atoms with Gasteiger partial charge < -0.3 is 30.1 Å². The van der Waals surface area contributed by atoms with E-state index in [-0.39, 0.29) is 26.1 Å². The third-order valence-electron chi connectivity index (χ3n) is 6.18. The predicted octanol–water partition coefficient (Wildman–Crippen LogP) is 4.10. The van der Waals surface area contributed by atoms with Gasteiger partial charge in [-0.25, -0.2) is 4.79 Å². The smallest absolute Gasteiger partial charge is 0.408 e. The number of ether oxygens (including phenoxy) is 2. The Labute approximate surface area is 239 Å². The zero-order chi connectivity index (χ0) is 30.3. The van der Waals surface area contributed by atoms with Crippen molar-refractivity contribution in [3.63, 3.8) is 0 Å². The van der Waals surface area contributed by atoms with Crippen molar-refractivity contribution in [1.29, 1.82) is 0 Å². The van der Waals surface area contributed by atoms with Crippen molar-refractivity contribution in [1.82, 2.24) is 15.5 Å². The summed E-state index contributed by atoms with van der Waals surface area (Å²) in [6.07, 6.45) is 3.73. The normalized spacial score (nSPS) is 12.7. The molecule has 0 saturated heterocycles. The Morgan fingerprint density at radius 1 is 1.02 bits per heavy atom. The molecule has 1 rings (SSSR count). The number of aliphatic hydroxyl groups excluding tert-OH is 1. The van der Waals surface area contributed by atoms with Gasteiger partial charge in [0.15, 0.2) is 0 Å². The maximum Gasteiger partial charge on any atom is 0.408 e. The van der Waals surface area contributed by atoms with Gasteiger partial charge in [-0.2, -0.15) is 0 Å². The molecule has 10 nitrogen and oxygen atoms in total.